The van der Waals surface area contributed by atoms with Crippen LogP contribution in [0.15, 0.2) is 27.1 Å². The van der Waals surface area contributed by atoms with E-state index in [2.05, 4.69) is 31.9 Å². The Morgan fingerprint density at radius 2 is 1.75 bits per heavy atom. The molecule has 20 heavy (non-hydrogen) atoms. The Morgan fingerprint density at radius 1 is 1.10 bits per heavy atom. The highest BCUT2D eigenvalue weighted by Gasteiger charge is 2.31. The summed E-state index contributed by atoms with van der Waals surface area (Å²) in [4.78, 5) is 25.5. The molecule has 1 heterocycles. The maximum absolute atomic E-state index is 12.6. The molecule has 108 valence electrons. The van der Waals surface area contributed by atoms with Crippen LogP contribution in [0.5, 0.6) is 0 Å². The number of hydrogen-bond acceptors (Lipinski definition) is 2. The molecule has 1 amide bonds. The second kappa shape index (κ2) is 6.72. The van der Waals surface area contributed by atoms with Gasteiger partial charge in [-0.1, -0.05) is 44.7 Å². The Bertz CT molecular complexity index is 513. The molecular weight excluding hydrogens is 390 g/mol. The minimum Gasteiger partial charge on any atom is -0.480 e. The van der Waals surface area contributed by atoms with E-state index in [1.165, 1.54) is 4.90 Å². The predicted molar refractivity (Wildman–Crippen MR) is 82.8 cm³/mol. The molecule has 0 spiro atoms. The maximum Gasteiger partial charge on any atom is 0.326 e. The average molecular weight is 405 g/mol. The zero-order valence-corrected chi connectivity index (χ0v) is 14.0. The highest BCUT2D eigenvalue weighted by molar-refractivity contribution is 9.11. The lowest BCUT2D eigenvalue weighted by Crippen LogP contribution is -2.44. The van der Waals surface area contributed by atoms with Crippen LogP contribution in [0.25, 0.3) is 0 Å². The van der Waals surface area contributed by atoms with Crippen molar-refractivity contribution < 1.29 is 14.7 Å². The molecule has 1 atom stereocenters. The third-order valence-electron chi connectivity index (χ3n) is 3.41. The van der Waals surface area contributed by atoms with Gasteiger partial charge in [0.1, 0.15) is 6.04 Å². The summed E-state index contributed by atoms with van der Waals surface area (Å²) in [5, 5.41) is 9.33. The fraction of sp³-hybridized carbons (Fsp3) is 0.429. The Hall–Kier alpha value is -0.880. The van der Waals surface area contributed by atoms with Gasteiger partial charge in [0.2, 0.25) is 0 Å². The number of carboxylic acids is 1. The molecule has 0 bridgehead atoms. The second-order valence-electron chi connectivity index (χ2n) is 4.86. The van der Waals surface area contributed by atoms with Gasteiger partial charge in [0, 0.05) is 21.1 Å². The summed E-state index contributed by atoms with van der Waals surface area (Å²) < 4.78 is 1.58. The first-order chi connectivity index (χ1) is 9.49. The summed E-state index contributed by atoms with van der Waals surface area (Å²) >= 11 is 6.70. The largest absolute Gasteiger partial charge is 0.480 e. The van der Waals surface area contributed by atoms with Crippen LogP contribution in [-0.4, -0.2) is 34.5 Å². The average Bonchev–Trinajstić information content (AvgIpc) is 2.62. The molecule has 1 fully saturated rings. The molecule has 0 aromatic heterocycles. The lowest BCUT2D eigenvalue weighted by molar-refractivity contribution is -0.142. The summed E-state index contributed by atoms with van der Waals surface area (Å²) in [7, 11) is 0. The first kappa shape index (κ1) is 15.5. The maximum atomic E-state index is 12.6. The standard InChI is InChI=1S/C14H15Br2NO3/c15-10-6-9(7-11(16)8-10)13(18)17-5-3-1-2-4-12(17)14(19)20/h6-8,12H,1-5H2,(H,19,20). The molecule has 4 nitrogen and oxygen atoms in total. The van der Waals surface area contributed by atoms with E-state index in [0.29, 0.717) is 18.5 Å². The number of carbonyl (C=O) groups is 2. The quantitative estimate of drug-likeness (QED) is 0.817. The van der Waals surface area contributed by atoms with Gasteiger partial charge in [0.05, 0.1) is 0 Å². The van der Waals surface area contributed by atoms with E-state index in [4.69, 9.17) is 0 Å². The highest BCUT2D eigenvalue weighted by atomic mass is 79.9. The molecule has 0 radical (unpaired) electrons. The number of amides is 1. The van der Waals surface area contributed by atoms with Crippen molar-refractivity contribution in [2.24, 2.45) is 0 Å². The molecule has 0 saturated carbocycles. The Morgan fingerprint density at radius 3 is 2.35 bits per heavy atom. The molecule has 1 aromatic rings. The SMILES string of the molecule is O=C(O)C1CCCCCN1C(=O)c1cc(Br)cc(Br)c1. The van der Waals surface area contributed by atoms with Gasteiger partial charge in [0.15, 0.2) is 0 Å². The molecule has 0 aliphatic carbocycles. The van der Waals surface area contributed by atoms with Crippen molar-refractivity contribution in [2.45, 2.75) is 31.7 Å². The first-order valence-corrected chi connectivity index (χ1v) is 8.07. The summed E-state index contributed by atoms with van der Waals surface area (Å²) in [6.07, 6.45) is 3.19. The number of halogens is 2. The monoisotopic (exact) mass is 403 g/mol. The van der Waals surface area contributed by atoms with E-state index >= 15 is 0 Å². The Kier molecular flexibility index (Phi) is 5.21. The van der Waals surface area contributed by atoms with E-state index in [1.807, 2.05) is 6.07 Å². The third-order valence-corrected chi connectivity index (χ3v) is 4.32. The van der Waals surface area contributed by atoms with Gasteiger partial charge in [-0.15, -0.1) is 0 Å². The van der Waals surface area contributed by atoms with Gasteiger partial charge in [0.25, 0.3) is 5.91 Å². The molecule has 1 aliphatic heterocycles. The van der Waals surface area contributed by atoms with Gasteiger partial charge in [-0.3, -0.25) is 4.79 Å². The molecule has 1 aliphatic rings. The van der Waals surface area contributed by atoms with Gasteiger partial charge < -0.3 is 10.0 Å². The number of benzene rings is 1. The Labute approximate surface area is 134 Å². The van der Waals surface area contributed by atoms with Crippen molar-refractivity contribution >= 4 is 43.7 Å². The number of hydrogen-bond donors (Lipinski definition) is 1. The molecule has 1 unspecified atom stereocenters. The molecule has 1 saturated heterocycles. The van der Waals surface area contributed by atoms with Crippen LogP contribution in [0.3, 0.4) is 0 Å². The predicted octanol–water partition coefficient (Wildman–Crippen LogP) is 3.68. The van der Waals surface area contributed by atoms with Crippen molar-refractivity contribution in [1.29, 1.82) is 0 Å². The minimum atomic E-state index is -0.922. The molecular formula is C14H15Br2NO3. The number of nitrogens with zero attached hydrogens (tertiary/aromatic N) is 1. The topological polar surface area (TPSA) is 57.6 Å². The summed E-state index contributed by atoms with van der Waals surface area (Å²) in [5.41, 5.74) is 0.499. The van der Waals surface area contributed by atoms with Crippen LogP contribution in [0, 0.1) is 0 Å². The molecule has 6 heteroatoms. The smallest absolute Gasteiger partial charge is 0.326 e. The summed E-state index contributed by atoms with van der Waals surface area (Å²) in [5.74, 6) is -1.14. The van der Waals surface area contributed by atoms with Crippen LogP contribution >= 0.6 is 31.9 Å². The van der Waals surface area contributed by atoms with Crippen LogP contribution in [0.2, 0.25) is 0 Å². The fourth-order valence-corrected chi connectivity index (χ4v) is 3.74. The number of likely N-dealkylation sites (tertiary alicyclic amines) is 1. The van der Waals surface area contributed by atoms with Gasteiger partial charge >= 0.3 is 5.97 Å². The van der Waals surface area contributed by atoms with E-state index in [-0.39, 0.29) is 5.91 Å². The van der Waals surface area contributed by atoms with Crippen LogP contribution in [0.4, 0.5) is 0 Å². The van der Waals surface area contributed by atoms with Gasteiger partial charge in [-0.2, -0.15) is 0 Å². The van der Waals surface area contributed by atoms with Crippen molar-refractivity contribution in [3.05, 3.63) is 32.7 Å². The lowest BCUT2D eigenvalue weighted by atomic mass is 10.1. The summed E-state index contributed by atoms with van der Waals surface area (Å²) in [6, 6.07) is 4.56. The minimum absolute atomic E-state index is 0.221. The number of carbonyl (C=O) groups excluding carboxylic acids is 1. The van der Waals surface area contributed by atoms with Crippen LogP contribution < -0.4 is 0 Å². The third kappa shape index (κ3) is 3.61. The van der Waals surface area contributed by atoms with Crippen molar-refractivity contribution in [1.82, 2.24) is 4.90 Å². The molecule has 1 N–H and O–H groups in total. The lowest BCUT2D eigenvalue weighted by Gasteiger charge is -2.27. The normalized spacial score (nSPS) is 19.5. The van der Waals surface area contributed by atoms with Crippen LogP contribution in [-0.2, 0) is 4.79 Å². The van der Waals surface area contributed by atoms with Gasteiger partial charge in [-0.25, -0.2) is 4.79 Å². The number of carboxylic acid groups (broad SMARTS) is 1. The zero-order valence-electron chi connectivity index (χ0n) is 10.8. The van der Waals surface area contributed by atoms with E-state index in [0.717, 1.165) is 28.2 Å². The fourth-order valence-electron chi connectivity index (χ4n) is 2.45. The van der Waals surface area contributed by atoms with Gasteiger partial charge in [-0.05, 0) is 31.0 Å². The molecule has 1 aromatic carbocycles. The van der Waals surface area contributed by atoms with Crippen molar-refractivity contribution in [2.75, 3.05) is 6.54 Å². The number of aliphatic carboxylic acids is 1. The van der Waals surface area contributed by atoms with Crippen molar-refractivity contribution in [3.8, 4) is 0 Å². The van der Waals surface area contributed by atoms with Crippen LogP contribution in [0.1, 0.15) is 36.0 Å². The number of rotatable bonds is 2. The van der Waals surface area contributed by atoms with E-state index in [9.17, 15) is 14.7 Å². The Balaban J connectivity index is 2.30. The zero-order chi connectivity index (χ0) is 14.7. The van der Waals surface area contributed by atoms with E-state index in [1.54, 1.807) is 12.1 Å². The molecule has 2 rings (SSSR count). The van der Waals surface area contributed by atoms with E-state index < -0.39 is 12.0 Å². The summed E-state index contributed by atoms with van der Waals surface area (Å²) in [6.45, 7) is 0.500. The van der Waals surface area contributed by atoms with Crippen molar-refractivity contribution in [3.63, 3.8) is 0 Å². The highest BCUT2D eigenvalue weighted by Crippen LogP contribution is 2.24. The first-order valence-electron chi connectivity index (χ1n) is 6.49. The second-order valence-corrected chi connectivity index (χ2v) is 6.69.